The molecule has 0 aliphatic carbocycles. The summed E-state index contributed by atoms with van der Waals surface area (Å²) in [6, 6.07) is 62.7. The van der Waals surface area contributed by atoms with E-state index in [1.807, 2.05) is 66.7 Å². The van der Waals surface area contributed by atoms with Crippen molar-refractivity contribution in [3.63, 3.8) is 0 Å². The minimum atomic E-state index is 0.538. The third-order valence-electron chi connectivity index (χ3n) is 11.1. The summed E-state index contributed by atoms with van der Waals surface area (Å²) >= 11 is 0. The van der Waals surface area contributed by atoms with Crippen LogP contribution in [0.4, 0.5) is 0 Å². The summed E-state index contributed by atoms with van der Waals surface area (Å²) in [5.74, 6) is 1.70. The van der Waals surface area contributed by atoms with Crippen LogP contribution in [0.3, 0.4) is 0 Å². The number of furan rings is 2. The van der Waals surface area contributed by atoms with Gasteiger partial charge in [0.15, 0.2) is 17.5 Å². The van der Waals surface area contributed by atoms with Crippen molar-refractivity contribution < 1.29 is 8.83 Å². The van der Waals surface area contributed by atoms with Crippen LogP contribution in [-0.4, -0.2) is 19.5 Å². The fraction of sp³-hybridized carbons (Fsp3) is 0. The number of hydrogen-bond donors (Lipinski definition) is 0. The number of fused-ring (bicyclic) bond motifs is 10. The molecule has 0 aliphatic rings. The molecule has 8 aromatic carbocycles. The molecule has 266 valence electrons. The van der Waals surface area contributed by atoms with E-state index in [-0.39, 0.29) is 0 Å². The predicted molar refractivity (Wildman–Crippen MR) is 230 cm³/mol. The molecule has 4 heterocycles. The highest BCUT2D eigenvalue weighted by molar-refractivity contribution is 6.25. The van der Waals surface area contributed by atoms with Crippen LogP contribution >= 0.6 is 0 Å². The molecule has 0 bridgehead atoms. The number of para-hydroxylation sites is 3. The molecule has 57 heavy (non-hydrogen) atoms. The van der Waals surface area contributed by atoms with Crippen LogP contribution in [-0.2, 0) is 0 Å². The first-order chi connectivity index (χ1) is 28.2. The van der Waals surface area contributed by atoms with Crippen LogP contribution < -0.4 is 0 Å². The molecule has 0 unspecified atom stereocenters. The lowest BCUT2D eigenvalue weighted by Gasteiger charge is -2.09. The predicted octanol–water partition coefficient (Wildman–Crippen LogP) is 13.4. The average Bonchev–Trinajstić information content (AvgIpc) is 3.96. The molecule has 0 aliphatic heterocycles. The molecule has 12 aromatic rings. The second kappa shape index (κ2) is 12.3. The molecule has 0 atom stereocenters. The van der Waals surface area contributed by atoms with Gasteiger partial charge in [0.1, 0.15) is 22.3 Å². The van der Waals surface area contributed by atoms with Crippen molar-refractivity contribution in [2.45, 2.75) is 0 Å². The van der Waals surface area contributed by atoms with E-state index in [9.17, 15) is 0 Å². The normalized spacial score (nSPS) is 11.9. The third-order valence-corrected chi connectivity index (χ3v) is 11.1. The summed E-state index contributed by atoms with van der Waals surface area (Å²) in [5.41, 5.74) is 11.4. The molecular weight excluding hydrogens is 701 g/mol. The number of nitrogens with zero attached hydrogens (tertiary/aromatic N) is 4. The Balaban J connectivity index is 1.10. The second-order valence-corrected chi connectivity index (χ2v) is 14.4. The van der Waals surface area contributed by atoms with E-state index in [4.69, 9.17) is 23.8 Å². The monoisotopic (exact) mass is 730 g/mol. The van der Waals surface area contributed by atoms with Crippen molar-refractivity contribution in [2.75, 3.05) is 0 Å². The summed E-state index contributed by atoms with van der Waals surface area (Å²) in [5, 5.41) is 6.29. The fourth-order valence-electron chi connectivity index (χ4n) is 8.40. The van der Waals surface area contributed by atoms with E-state index in [1.54, 1.807) is 0 Å². The van der Waals surface area contributed by atoms with Crippen LogP contribution in [0.5, 0.6) is 0 Å². The van der Waals surface area contributed by atoms with Crippen LogP contribution in [0.25, 0.3) is 117 Å². The van der Waals surface area contributed by atoms with Crippen LogP contribution in [0, 0.1) is 0 Å². The van der Waals surface area contributed by atoms with E-state index in [0.717, 1.165) is 93.6 Å². The fourth-order valence-corrected chi connectivity index (χ4v) is 8.40. The van der Waals surface area contributed by atoms with Crippen molar-refractivity contribution in [3.8, 4) is 51.0 Å². The maximum atomic E-state index is 7.08. The van der Waals surface area contributed by atoms with Gasteiger partial charge in [-0.2, -0.15) is 0 Å². The Morgan fingerprint density at radius 3 is 1.81 bits per heavy atom. The lowest BCUT2D eigenvalue weighted by Crippen LogP contribution is -2.00. The zero-order valence-electron chi connectivity index (χ0n) is 30.4. The number of aromatic nitrogens is 4. The summed E-state index contributed by atoms with van der Waals surface area (Å²) in [6.45, 7) is 0. The van der Waals surface area contributed by atoms with Crippen LogP contribution in [0.1, 0.15) is 0 Å². The van der Waals surface area contributed by atoms with Gasteiger partial charge in [-0.15, -0.1) is 0 Å². The van der Waals surface area contributed by atoms with Gasteiger partial charge in [-0.3, -0.25) is 0 Å². The summed E-state index contributed by atoms with van der Waals surface area (Å²) in [7, 11) is 0. The molecule has 0 N–H and O–H groups in total. The Morgan fingerprint density at radius 2 is 0.982 bits per heavy atom. The van der Waals surface area contributed by atoms with Gasteiger partial charge in [-0.05, 0) is 71.8 Å². The van der Waals surface area contributed by atoms with Crippen molar-refractivity contribution in [3.05, 3.63) is 182 Å². The van der Waals surface area contributed by atoms with Crippen molar-refractivity contribution in [1.29, 1.82) is 0 Å². The molecule has 6 heteroatoms. The Hall–Kier alpha value is -7.83. The maximum Gasteiger partial charge on any atom is 0.167 e. The molecule has 0 saturated carbocycles. The highest BCUT2D eigenvalue weighted by Gasteiger charge is 2.22. The highest BCUT2D eigenvalue weighted by atomic mass is 16.3. The van der Waals surface area contributed by atoms with Crippen molar-refractivity contribution in [1.82, 2.24) is 19.5 Å². The van der Waals surface area contributed by atoms with E-state index >= 15 is 0 Å². The Labute approximate surface area is 325 Å². The molecule has 4 aromatic heterocycles. The first-order valence-electron chi connectivity index (χ1n) is 19.0. The Morgan fingerprint density at radius 1 is 0.351 bits per heavy atom. The van der Waals surface area contributed by atoms with Gasteiger partial charge in [0, 0.05) is 43.7 Å². The second-order valence-electron chi connectivity index (χ2n) is 14.4. The van der Waals surface area contributed by atoms with E-state index < -0.39 is 0 Å². The SMILES string of the molecule is c1ccc(-c2ccc3c4c5oc6c(-c7nc(-c8ccccc8)nc(-c8ccc9oc%10ccccc%10c9c8)n7)cccc6c5ccc4n(-c4ccccc4)c3c2)cc1. The van der Waals surface area contributed by atoms with Gasteiger partial charge in [0.2, 0.25) is 0 Å². The van der Waals surface area contributed by atoms with Gasteiger partial charge in [0.05, 0.1) is 22.0 Å². The zero-order valence-corrected chi connectivity index (χ0v) is 30.4. The first kappa shape index (κ1) is 31.5. The van der Waals surface area contributed by atoms with E-state index in [0.29, 0.717) is 17.5 Å². The molecule has 0 amide bonds. The van der Waals surface area contributed by atoms with Gasteiger partial charge in [-0.1, -0.05) is 121 Å². The molecule has 12 rings (SSSR count). The molecule has 0 radical (unpaired) electrons. The minimum absolute atomic E-state index is 0.538. The Bertz CT molecular complexity index is 3510. The van der Waals surface area contributed by atoms with Gasteiger partial charge < -0.3 is 13.4 Å². The molecule has 6 nitrogen and oxygen atoms in total. The average molecular weight is 731 g/mol. The first-order valence-corrected chi connectivity index (χ1v) is 19.0. The topological polar surface area (TPSA) is 69.9 Å². The van der Waals surface area contributed by atoms with Gasteiger partial charge in [-0.25, -0.2) is 15.0 Å². The van der Waals surface area contributed by atoms with Crippen LogP contribution in [0.2, 0.25) is 0 Å². The van der Waals surface area contributed by atoms with Crippen molar-refractivity contribution in [2.24, 2.45) is 0 Å². The lowest BCUT2D eigenvalue weighted by molar-refractivity contribution is 0.669. The lowest BCUT2D eigenvalue weighted by atomic mass is 10.0. The zero-order chi connectivity index (χ0) is 37.5. The summed E-state index contributed by atoms with van der Waals surface area (Å²) in [6.07, 6.45) is 0. The number of hydrogen-bond acceptors (Lipinski definition) is 5. The molecule has 0 saturated heterocycles. The summed E-state index contributed by atoms with van der Waals surface area (Å²) < 4.78 is 15.6. The maximum absolute atomic E-state index is 7.08. The van der Waals surface area contributed by atoms with Crippen LogP contribution in [0.15, 0.2) is 191 Å². The van der Waals surface area contributed by atoms with Gasteiger partial charge >= 0.3 is 0 Å². The summed E-state index contributed by atoms with van der Waals surface area (Å²) in [4.78, 5) is 15.3. The standard InChI is InChI=1S/C51H30N4O2/c1-4-13-31(14-5-1)33-23-25-39-43(30-33)55(35-17-8-3-9-18-35)42-27-26-38-37-20-12-21-40(47(37)57-48(38)46(39)42)51-53-49(32-15-6-2-7-16-32)52-50(54-51)34-24-28-45-41(29-34)36-19-10-11-22-44(36)56-45/h1-30H. The number of rotatable bonds is 5. The third kappa shape index (κ3) is 4.94. The largest absolute Gasteiger partial charge is 0.456 e. The van der Waals surface area contributed by atoms with Crippen molar-refractivity contribution >= 4 is 65.7 Å². The molecule has 0 fully saturated rings. The van der Waals surface area contributed by atoms with E-state index in [2.05, 4.69) is 120 Å². The highest BCUT2D eigenvalue weighted by Crippen LogP contribution is 2.43. The molecule has 0 spiro atoms. The quantitative estimate of drug-likeness (QED) is 0.176. The minimum Gasteiger partial charge on any atom is -0.456 e. The van der Waals surface area contributed by atoms with Gasteiger partial charge in [0.25, 0.3) is 0 Å². The van der Waals surface area contributed by atoms with E-state index in [1.165, 1.54) is 5.56 Å². The smallest absolute Gasteiger partial charge is 0.167 e. The molecular formula is C51H30N4O2. The number of benzene rings is 8. The Kier molecular flexibility index (Phi) is 6.83.